The average Bonchev–Trinajstić information content (AvgIpc) is 2.89. The lowest BCUT2D eigenvalue weighted by Crippen LogP contribution is -2.30. The number of amides is 1. The van der Waals surface area contributed by atoms with Crippen molar-refractivity contribution in [1.82, 2.24) is 4.90 Å². The van der Waals surface area contributed by atoms with E-state index in [9.17, 15) is 9.90 Å². The molecule has 0 aliphatic carbocycles. The molecular formula is C16H18BrNO3. The van der Waals surface area contributed by atoms with Gasteiger partial charge >= 0.3 is 0 Å². The van der Waals surface area contributed by atoms with Crippen molar-refractivity contribution >= 4 is 32.8 Å². The Balaban J connectivity index is 2.00. The van der Waals surface area contributed by atoms with Gasteiger partial charge in [0, 0.05) is 29.5 Å². The summed E-state index contributed by atoms with van der Waals surface area (Å²) < 4.78 is 6.62. The first-order valence-corrected chi connectivity index (χ1v) is 7.75. The summed E-state index contributed by atoms with van der Waals surface area (Å²) >= 11 is 3.45. The number of halogens is 1. The van der Waals surface area contributed by atoms with Crippen molar-refractivity contribution in [2.45, 2.75) is 26.9 Å². The number of aliphatic hydroxyl groups is 1. The molecule has 1 aromatic heterocycles. The molecule has 1 aliphatic heterocycles. The summed E-state index contributed by atoms with van der Waals surface area (Å²) in [6, 6.07) is 5.76. The fourth-order valence-corrected chi connectivity index (χ4v) is 3.28. The summed E-state index contributed by atoms with van der Waals surface area (Å²) in [7, 11) is 0. The van der Waals surface area contributed by atoms with Crippen LogP contribution in [0.5, 0.6) is 0 Å². The highest BCUT2D eigenvalue weighted by molar-refractivity contribution is 9.10. The van der Waals surface area contributed by atoms with Gasteiger partial charge in [-0.05, 0) is 28.9 Å². The number of aryl methyl sites for hydroxylation is 1. The maximum Gasteiger partial charge on any atom is 0.289 e. The smallest absolute Gasteiger partial charge is 0.289 e. The minimum absolute atomic E-state index is 0.153. The molecule has 1 amide bonds. The SMILES string of the molecule is Cc1c(C(=O)N2CC(O)C(C)(C)C2)oc2c(Br)cccc12. The van der Waals surface area contributed by atoms with E-state index in [1.54, 1.807) is 4.90 Å². The van der Waals surface area contributed by atoms with Crippen LogP contribution < -0.4 is 0 Å². The van der Waals surface area contributed by atoms with Gasteiger partial charge in [-0.2, -0.15) is 0 Å². The van der Waals surface area contributed by atoms with Crippen LogP contribution in [0.25, 0.3) is 11.0 Å². The second-order valence-electron chi connectivity index (χ2n) is 6.36. The van der Waals surface area contributed by atoms with E-state index in [4.69, 9.17) is 4.42 Å². The van der Waals surface area contributed by atoms with Gasteiger partial charge in [-0.3, -0.25) is 4.79 Å². The van der Waals surface area contributed by atoms with Gasteiger partial charge in [0.2, 0.25) is 0 Å². The van der Waals surface area contributed by atoms with E-state index in [2.05, 4.69) is 15.9 Å². The van der Waals surface area contributed by atoms with Crippen molar-refractivity contribution in [3.8, 4) is 0 Å². The molecule has 5 heteroatoms. The summed E-state index contributed by atoms with van der Waals surface area (Å²) in [5, 5.41) is 11.0. The molecule has 4 nitrogen and oxygen atoms in total. The summed E-state index contributed by atoms with van der Waals surface area (Å²) in [5.74, 6) is 0.210. The number of benzene rings is 1. The predicted octanol–water partition coefficient (Wildman–Crippen LogP) is 3.35. The summed E-state index contributed by atoms with van der Waals surface area (Å²) in [4.78, 5) is 14.4. The molecule has 0 spiro atoms. The molecule has 1 saturated heterocycles. The number of hydrogen-bond donors (Lipinski definition) is 1. The van der Waals surface area contributed by atoms with Crippen LogP contribution in [-0.2, 0) is 0 Å². The number of hydrogen-bond acceptors (Lipinski definition) is 3. The second kappa shape index (κ2) is 4.85. The van der Waals surface area contributed by atoms with Crippen LogP contribution in [0.4, 0.5) is 0 Å². The largest absolute Gasteiger partial charge is 0.449 e. The van der Waals surface area contributed by atoms with Crippen LogP contribution >= 0.6 is 15.9 Å². The Kier molecular flexibility index (Phi) is 3.37. The quantitative estimate of drug-likeness (QED) is 0.856. The number of carbonyl (C=O) groups is 1. The zero-order valence-electron chi connectivity index (χ0n) is 12.3. The fraction of sp³-hybridized carbons (Fsp3) is 0.438. The number of para-hydroxylation sites is 1. The first-order valence-electron chi connectivity index (χ1n) is 6.96. The second-order valence-corrected chi connectivity index (χ2v) is 7.22. The highest BCUT2D eigenvalue weighted by Gasteiger charge is 2.41. The number of nitrogens with zero attached hydrogens (tertiary/aromatic N) is 1. The molecule has 0 bridgehead atoms. The lowest BCUT2D eigenvalue weighted by atomic mass is 9.90. The Hall–Kier alpha value is -1.33. The number of furan rings is 1. The molecule has 3 rings (SSSR count). The topological polar surface area (TPSA) is 53.7 Å². The summed E-state index contributed by atoms with van der Waals surface area (Å²) in [6.45, 7) is 6.71. The van der Waals surface area contributed by atoms with Crippen molar-refractivity contribution in [3.63, 3.8) is 0 Å². The van der Waals surface area contributed by atoms with Crippen molar-refractivity contribution in [1.29, 1.82) is 0 Å². The van der Waals surface area contributed by atoms with Crippen molar-refractivity contribution in [2.75, 3.05) is 13.1 Å². The average molecular weight is 352 g/mol. The van der Waals surface area contributed by atoms with Crippen LogP contribution in [-0.4, -0.2) is 35.1 Å². The first-order chi connectivity index (χ1) is 9.81. The molecule has 0 saturated carbocycles. The van der Waals surface area contributed by atoms with Gasteiger partial charge in [-0.15, -0.1) is 0 Å². The summed E-state index contributed by atoms with van der Waals surface area (Å²) in [5.41, 5.74) is 1.25. The van der Waals surface area contributed by atoms with Gasteiger partial charge in [-0.1, -0.05) is 26.0 Å². The van der Waals surface area contributed by atoms with E-state index in [0.29, 0.717) is 24.4 Å². The molecule has 2 aromatic rings. The van der Waals surface area contributed by atoms with Crippen molar-refractivity contribution in [2.24, 2.45) is 5.41 Å². The Morgan fingerprint density at radius 1 is 1.48 bits per heavy atom. The van der Waals surface area contributed by atoms with Crippen LogP contribution in [0, 0.1) is 12.3 Å². The Bertz CT molecular complexity index is 720. The number of aliphatic hydroxyl groups excluding tert-OH is 1. The lowest BCUT2D eigenvalue weighted by molar-refractivity contribution is 0.0733. The van der Waals surface area contributed by atoms with Crippen LogP contribution in [0.15, 0.2) is 27.1 Å². The van der Waals surface area contributed by atoms with E-state index < -0.39 is 6.10 Å². The lowest BCUT2D eigenvalue weighted by Gasteiger charge is -2.20. The molecular weight excluding hydrogens is 334 g/mol. The molecule has 112 valence electrons. The van der Waals surface area contributed by atoms with Gasteiger partial charge in [0.1, 0.15) is 5.58 Å². The van der Waals surface area contributed by atoms with Gasteiger partial charge < -0.3 is 14.4 Å². The molecule has 2 heterocycles. The van der Waals surface area contributed by atoms with Crippen LogP contribution in [0.2, 0.25) is 0 Å². The minimum atomic E-state index is -0.502. The van der Waals surface area contributed by atoms with E-state index in [0.717, 1.165) is 15.4 Å². The first kappa shape index (κ1) is 14.6. The van der Waals surface area contributed by atoms with E-state index in [-0.39, 0.29) is 11.3 Å². The Morgan fingerprint density at radius 3 is 2.76 bits per heavy atom. The number of fused-ring (bicyclic) bond motifs is 1. The predicted molar refractivity (Wildman–Crippen MR) is 84.3 cm³/mol. The van der Waals surface area contributed by atoms with Gasteiger partial charge in [0.05, 0.1) is 10.6 Å². The molecule has 1 fully saturated rings. The molecule has 21 heavy (non-hydrogen) atoms. The third kappa shape index (κ3) is 2.28. The molecule has 1 unspecified atom stereocenters. The van der Waals surface area contributed by atoms with Gasteiger partial charge in [0.25, 0.3) is 5.91 Å². The number of likely N-dealkylation sites (tertiary alicyclic amines) is 1. The maximum absolute atomic E-state index is 12.7. The normalized spacial score (nSPS) is 21.2. The Morgan fingerprint density at radius 2 is 2.19 bits per heavy atom. The van der Waals surface area contributed by atoms with Crippen LogP contribution in [0.3, 0.4) is 0 Å². The third-order valence-electron chi connectivity index (χ3n) is 4.29. The van der Waals surface area contributed by atoms with E-state index in [1.165, 1.54) is 0 Å². The number of β-amino-alcohol motifs (C(OH)–C–C–N with tert-alkyl or cyclic N) is 1. The monoisotopic (exact) mass is 351 g/mol. The minimum Gasteiger partial charge on any atom is -0.449 e. The molecule has 0 radical (unpaired) electrons. The van der Waals surface area contributed by atoms with E-state index in [1.807, 2.05) is 39.0 Å². The third-order valence-corrected chi connectivity index (χ3v) is 4.92. The molecule has 1 aromatic carbocycles. The highest BCUT2D eigenvalue weighted by Crippen LogP contribution is 2.34. The zero-order chi connectivity index (χ0) is 15.4. The zero-order valence-corrected chi connectivity index (χ0v) is 13.9. The van der Waals surface area contributed by atoms with Gasteiger partial charge in [-0.25, -0.2) is 0 Å². The number of rotatable bonds is 1. The van der Waals surface area contributed by atoms with Crippen LogP contribution in [0.1, 0.15) is 30.0 Å². The standard InChI is InChI=1S/C16H18BrNO3/c1-9-10-5-4-6-11(17)14(10)21-13(9)15(20)18-7-12(19)16(2,3)8-18/h4-6,12,19H,7-8H2,1-3H3. The van der Waals surface area contributed by atoms with E-state index >= 15 is 0 Å². The van der Waals surface area contributed by atoms with Crippen molar-refractivity contribution in [3.05, 3.63) is 34.0 Å². The Labute approximate surface area is 131 Å². The number of carbonyl (C=O) groups excluding carboxylic acids is 1. The fourth-order valence-electron chi connectivity index (χ4n) is 2.83. The highest BCUT2D eigenvalue weighted by atomic mass is 79.9. The van der Waals surface area contributed by atoms with Crippen molar-refractivity contribution < 1.29 is 14.3 Å². The summed E-state index contributed by atoms with van der Waals surface area (Å²) in [6.07, 6.45) is -0.502. The molecule has 1 aliphatic rings. The molecule has 1 N–H and O–H groups in total. The molecule has 1 atom stereocenters. The maximum atomic E-state index is 12.7. The van der Waals surface area contributed by atoms with Gasteiger partial charge in [0.15, 0.2) is 5.76 Å².